The number of rotatable bonds is 14. The van der Waals surface area contributed by atoms with E-state index >= 15 is 0 Å². The summed E-state index contributed by atoms with van der Waals surface area (Å²) in [4.78, 5) is 25.2. The van der Waals surface area contributed by atoms with E-state index in [2.05, 4.69) is 50.4 Å². The Morgan fingerprint density at radius 2 is 1.65 bits per heavy atom. The van der Waals surface area contributed by atoms with Crippen LogP contribution < -0.4 is 5.32 Å². The molecule has 0 spiro atoms. The zero-order valence-corrected chi connectivity index (χ0v) is 25.7. The monoisotopic (exact) mass is 579 g/mol. The third-order valence-electron chi connectivity index (χ3n) is 6.47. The first kappa shape index (κ1) is 31.8. The van der Waals surface area contributed by atoms with Crippen LogP contribution in [0.4, 0.5) is 0 Å². The van der Waals surface area contributed by atoms with Gasteiger partial charge >= 0.3 is 5.97 Å². The number of nitrogens with one attached hydrogen (secondary N) is 1. The summed E-state index contributed by atoms with van der Waals surface area (Å²) >= 11 is 3.45. The van der Waals surface area contributed by atoms with E-state index in [0.717, 1.165) is 34.4 Å². The van der Waals surface area contributed by atoms with Crippen LogP contribution in [0.1, 0.15) is 54.2 Å². The summed E-state index contributed by atoms with van der Waals surface area (Å²) in [6.07, 6.45) is 3.14. The summed E-state index contributed by atoms with van der Waals surface area (Å²) in [5.74, 6) is 0.108. The largest absolute Gasteiger partial charge is 0.480 e. The van der Waals surface area contributed by atoms with Crippen molar-refractivity contribution in [2.24, 2.45) is 0 Å². The van der Waals surface area contributed by atoms with Gasteiger partial charge in [0.1, 0.15) is 6.04 Å². The van der Waals surface area contributed by atoms with Gasteiger partial charge in [-0.2, -0.15) is 23.5 Å². The van der Waals surface area contributed by atoms with E-state index in [1.165, 1.54) is 5.56 Å². The molecule has 3 aromatic rings. The molecular formula is C33H41NO4S2. The van der Waals surface area contributed by atoms with E-state index in [-0.39, 0.29) is 16.8 Å². The molecule has 1 amide bonds. The molecule has 0 saturated carbocycles. The Kier molecular flexibility index (Phi) is 12.2. The van der Waals surface area contributed by atoms with Gasteiger partial charge in [-0.15, -0.1) is 0 Å². The van der Waals surface area contributed by atoms with Crippen molar-refractivity contribution in [1.29, 1.82) is 0 Å². The molecule has 0 saturated heterocycles. The van der Waals surface area contributed by atoms with Gasteiger partial charge < -0.3 is 15.2 Å². The summed E-state index contributed by atoms with van der Waals surface area (Å²) in [5, 5.41) is 12.4. The lowest BCUT2D eigenvalue weighted by molar-refractivity contribution is -0.139. The van der Waals surface area contributed by atoms with Crippen LogP contribution in [0.15, 0.2) is 72.8 Å². The second kappa shape index (κ2) is 15.3. The SMILES string of the molecule is CSCC[C@H](NC(=O)c1ccc(CO[C@H](CSC(C)(C)C)Cc2ccccc2)cc1-c1ccccc1C)C(=O)O. The number of ether oxygens (including phenoxy) is 1. The topological polar surface area (TPSA) is 75.6 Å². The van der Waals surface area contributed by atoms with Crippen molar-refractivity contribution in [2.75, 3.05) is 17.8 Å². The first-order chi connectivity index (χ1) is 19.1. The van der Waals surface area contributed by atoms with Gasteiger partial charge in [0.2, 0.25) is 0 Å². The van der Waals surface area contributed by atoms with Crippen LogP contribution in [0.2, 0.25) is 0 Å². The number of carboxylic acids is 1. The predicted octanol–water partition coefficient (Wildman–Crippen LogP) is 7.26. The maximum Gasteiger partial charge on any atom is 0.326 e. The highest BCUT2D eigenvalue weighted by molar-refractivity contribution is 8.00. The fraction of sp³-hybridized carbons (Fsp3) is 0.394. The maximum absolute atomic E-state index is 13.4. The summed E-state index contributed by atoms with van der Waals surface area (Å²) in [6.45, 7) is 9.06. The molecule has 0 aliphatic heterocycles. The first-order valence-electron chi connectivity index (χ1n) is 13.6. The lowest BCUT2D eigenvalue weighted by atomic mass is 9.93. The van der Waals surface area contributed by atoms with Crippen molar-refractivity contribution in [1.82, 2.24) is 5.32 Å². The summed E-state index contributed by atoms with van der Waals surface area (Å²) < 4.78 is 6.62. The molecule has 0 aliphatic rings. The number of hydrogen-bond acceptors (Lipinski definition) is 5. The third-order valence-corrected chi connectivity index (χ3v) is 8.52. The molecule has 0 heterocycles. The molecule has 0 radical (unpaired) electrons. The molecule has 0 aromatic heterocycles. The molecule has 2 N–H and O–H groups in total. The van der Waals surface area contributed by atoms with E-state index in [1.807, 2.05) is 67.4 Å². The Balaban J connectivity index is 1.87. The lowest BCUT2D eigenvalue weighted by Gasteiger charge is -2.24. The first-order valence-corrected chi connectivity index (χ1v) is 16.0. The molecule has 3 aromatic carbocycles. The number of carboxylic acid groups (broad SMARTS) is 1. The van der Waals surface area contributed by atoms with Crippen LogP contribution in [-0.4, -0.2) is 51.6 Å². The van der Waals surface area contributed by atoms with E-state index in [9.17, 15) is 14.7 Å². The molecule has 40 heavy (non-hydrogen) atoms. The number of amides is 1. The van der Waals surface area contributed by atoms with Gasteiger partial charge in [0.15, 0.2) is 0 Å². The average Bonchev–Trinajstić information content (AvgIpc) is 2.92. The van der Waals surface area contributed by atoms with Crippen LogP contribution in [0, 0.1) is 6.92 Å². The van der Waals surface area contributed by atoms with Gasteiger partial charge in [-0.3, -0.25) is 4.79 Å². The predicted molar refractivity (Wildman–Crippen MR) is 169 cm³/mol. The minimum absolute atomic E-state index is 0.0317. The second-order valence-electron chi connectivity index (χ2n) is 10.9. The fourth-order valence-corrected chi connectivity index (χ4v) is 5.68. The molecule has 0 bridgehead atoms. The van der Waals surface area contributed by atoms with Crippen LogP contribution >= 0.6 is 23.5 Å². The minimum atomic E-state index is -1.03. The normalized spacial score (nSPS) is 13.0. The Morgan fingerprint density at radius 1 is 0.950 bits per heavy atom. The second-order valence-corrected chi connectivity index (χ2v) is 13.7. The van der Waals surface area contributed by atoms with Crippen LogP contribution in [-0.2, 0) is 22.6 Å². The zero-order chi connectivity index (χ0) is 29.1. The third kappa shape index (κ3) is 10.0. The van der Waals surface area contributed by atoms with Crippen molar-refractivity contribution in [3.8, 4) is 11.1 Å². The smallest absolute Gasteiger partial charge is 0.326 e. The van der Waals surface area contributed by atoms with Crippen molar-refractivity contribution >= 4 is 35.4 Å². The molecule has 0 aliphatic carbocycles. The van der Waals surface area contributed by atoms with Gasteiger partial charge in [0.05, 0.1) is 12.7 Å². The van der Waals surface area contributed by atoms with Crippen molar-refractivity contribution in [2.45, 2.75) is 64.0 Å². The van der Waals surface area contributed by atoms with E-state index in [4.69, 9.17) is 4.74 Å². The van der Waals surface area contributed by atoms with Crippen LogP contribution in [0.5, 0.6) is 0 Å². The van der Waals surface area contributed by atoms with Gasteiger partial charge in [-0.05, 0) is 71.7 Å². The van der Waals surface area contributed by atoms with Crippen molar-refractivity contribution in [3.63, 3.8) is 0 Å². The van der Waals surface area contributed by atoms with E-state index in [0.29, 0.717) is 24.3 Å². The molecule has 7 heteroatoms. The molecular weight excluding hydrogens is 539 g/mol. The standard InChI is InChI=1S/C33H41NO4S2/c1-23-11-9-10-14-27(23)29-20-25(15-16-28(29)31(35)34-30(32(36)37)17-18-39-5)21-38-26(22-40-33(2,3)4)19-24-12-7-6-8-13-24/h6-16,20,26,30H,17-19,21-22H2,1-5H3,(H,34,35)(H,36,37)/t26-,30-/m0/s1. The van der Waals surface area contributed by atoms with Gasteiger partial charge in [-0.1, -0.05) is 81.4 Å². The van der Waals surface area contributed by atoms with Gasteiger partial charge in [0, 0.05) is 16.1 Å². The van der Waals surface area contributed by atoms with Crippen molar-refractivity contribution < 1.29 is 19.4 Å². The Labute approximate surface area is 247 Å². The highest BCUT2D eigenvalue weighted by Crippen LogP contribution is 2.30. The highest BCUT2D eigenvalue weighted by atomic mass is 32.2. The fourth-order valence-electron chi connectivity index (χ4n) is 4.31. The van der Waals surface area contributed by atoms with Crippen LogP contribution in [0.3, 0.4) is 0 Å². The number of aliphatic carboxylic acids is 1. The molecule has 214 valence electrons. The van der Waals surface area contributed by atoms with E-state index in [1.54, 1.807) is 17.8 Å². The molecule has 3 rings (SSSR count). The van der Waals surface area contributed by atoms with E-state index < -0.39 is 12.0 Å². The summed E-state index contributed by atoms with van der Waals surface area (Å²) in [6, 6.07) is 23.1. The lowest BCUT2D eigenvalue weighted by Crippen LogP contribution is -2.41. The molecule has 2 atom stereocenters. The Hall–Kier alpha value is -2.74. The number of thioether (sulfide) groups is 2. The minimum Gasteiger partial charge on any atom is -0.480 e. The number of aryl methyl sites for hydroxylation is 1. The number of carbonyl (C=O) groups is 2. The highest BCUT2D eigenvalue weighted by Gasteiger charge is 2.23. The number of carbonyl (C=O) groups excluding carboxylic acids is 1. The average molecular weight is 580 g/mol. The van der Waals surface area contributed by atoms with Crippen LogP contribution in [0.25, 0.3) is 11.1 Å². The summed E-state index contributed by atoms with van der Waals surface area (Å²) in [7, 11) is 0. The van der Waals surface area contributed by atoms with Crippen molar-refractivity contribution in [3.05, 3.63) is 95.1 Å². The molecule has 0 fully saturated rings. The summed E-state index contributed by atoms with van der Waals surface area (Å²) in [5.41, 5.74) is 5.41. The molecule has 0 unspecified atom stereocenters. The maximum atomic E-state index is 13.4. The Bertz CT molecular complexity index is 1260. The Morgan fingerprint density at radius 3 is 2.30 bits per heavy atom. The zero-order valence-electron chi connectivity index (χ0n) is 24.1. The number of benzene rings is 3. The van der Waals surface area contributed by atoms with Gasteiger partial charge in [-0.25, -0.2) is 4.79 Å². The number of hydrogen-bond donors (Lipinski definition) is 2. The van der Waals surface area contributed by atoms with Gasteiger partial charge in [0.25, 0.3) is 5.91 Å². The molecule has 5 nitrogen and oxygen atoms in total. The quantitative estimate of drug-likeness (QED) is 0.209.